The fourth-order valence-electron chi connectivity index (χ4n) is 3.53. The molecule has 0 fully saturated rings. The third kappa shape index (κ3) is 5.46. The van der Waals surface area contributed by atoms with Gasteiger partial charge in [0.15, 0.2) is 0 Å². The van der Waals surface area contributed by atoms with E-state index in [0.717, 1.165) is 6.07 Å². The van der Waals surface area contributed by atoms with Gasteiger partial charge in [-0.3, -0.25) is 19.3 Å². The zero-order valence-corrected chi connectivity index (χ0v) is 21.0. The number of halogens is 2. The second-order valence-electron chi connectivity index (χ2n) is 9.17. The van der Waals surface area contributed by atoms with Crippen LogP contribution in [0.2, 0.25) is 5.02 Å². The minimum Gasteiger partial charge on any atom is -0.455 e. The molecule has 0 bridgehead atoms. The summed E-state index contributed by atoms with van der Waals surface area (Å²) in [6.45, 7) is 5.96. The van der Waals surface area contributed by atoms with Crippen LogP contribution in [0.4, 0.5) is 10.1 Å². The minimum absolute atomic E-state index is 0.0719. The van der Waals surface area contributed by atoms with E-state index in [0.29, 0.717) is 27.9 Å². The molecule has 0 radical (unpaired) electrons. The lowest BCUT2D eigenvalue weighted by atomic mass is 10.1. The lowest BCUT2D eigenvalue weighted by Crippen LogP contribution is -2.22. The summed E-state index contributed by atoms with van der Waals surface area (Å²) in [5.74, 6) is -0.881. The van der Waals surface area contributed by atoms with Gasteiger partial charge in [-0.2, -0.15) is 5.10 Å². The van der Waals surface area contributed by atoms with E-state index in [1.165, 1.54) is 19.3 Å². The molecule has 2 amide bonds. The van der Waals surface area contributed by atoms with Crippen molar-refractivity contribution in [3.63, 3.8) is 0 Å². The predicted octanol–water partition coefficient (Wildman–Crippen LogP) is 5.31. The minimum atomic E-state index is -0.639. The SMILES string of the molecule is CNC(=O)c1ccc2nccc(Oc3cc(F)c(CC(=O)Nc4cnn(C(C)(C)C)c4)cc3Cl)c2c1. The maximum Gasteiger partial charge on any atom is 0.251 e. The van der Waals surface area contributed by atoms with E-state index in [1.54, 1.807) is 41.3 Å². The topological polar surface area (TPSA) is 98.1 Å². The smallest absolute Gasteiger partial charge is 0.251 e. The van der Waals surface area contributed by atoms with Gasteiger partial charge in [0.05, 0.1) is 34.4 Å². The van der Waals surface area contributed by atoms with Gasteiger partial charge in [-0.25, -0.2) is 4.39 Å². The lowest BCUT2D eigenvalue weighted by Gasteiger charge is -2.18. The number of nitrogens with zero attached hydrogens (tertiary/aromatic N) is 3. The molecular formula is C26H25ClFN5O3. The molecule has 2 aromatic carbocycles. The lowest BCUT2D eigenvalue weighted by molar-refractivity contribution is -0.115. The molecule has 0 spiro atoms. The van der Waals surface area contributed by atoms with Crippen LogP contribution in [-0.4, -0.2) is 33.6 Å². The van der Waals surface area contributed by atoms with Crippen molar-refractivity contribution in [3.05, 3.63) is 77.0 Å². The first-order valence-corrected chi connectivity index (χ1v) is 11.5. The van der Waals surface area contributed by atoms with Crippen molar-refractivity contribution >= 4 is 40.0 Å². The van der Waals surface area contributed by atoms with Crippen molar-refractivity contribution in [3.8, 4) is 11.5 Å². The molecule has 0 aliphatic heterocycles. The molecule has 10 heteroatoms. The highest BCUT2D eigenvalue weighted by Crippen LogP contribution is 2.35. The number of nitrogens with one attached hydrogen (secondary N) is 2. The van der Waals surface area contributed by atoms with Crippen molar-refractivity contribution in [1.82, 2.24) is 20.1 Å². The number of aromatic nitrogens is 3. The monoisotopic (exact) mass is 509 g/mol. The Labute approximate surface area is 212 Å². The first kappa shape index (κ1) is 25.1. The van der Waals surface area contributed by atoms with E-state index in [4.69, 9.17) is 16.3 Å². The summed E-state index contributed by atoms with van der Waals surface area (Å²) in [5, 5.41) is 10.2. The number of carbonyl (C=O) groups excluding carboxylic acids is 2. The molecule has 2 heterocycles. The van der Waals surface area contributed by atoms with E-state index >= 15 is 0 Å². The third-order valence-electron chi connectivity index (χ3n) is 5.42. The normalized spacial score (nSPS) is 11.4. The molecule has 4 aromatic rings. The number of carbonyl (C=O) groups is 2. The van der Waals surface area contributed by atoms with Crippen LogP contribution >= 0.6 is 11.6 Å². The van der Waals surface area contributed by atoms with Crippen LogP contribution < -0.4 is 15.4 Å². The molecule has 4 rings (SSSR count). The Bertz CT molecular complexity index is 1460. The molecule has 0 saturated heterocycles. The summed E-state index contributed by atoms with van der Waals surface area (Å²) in [4.78, 5) is 28.8. The molecule has 36 heavy (non-hydrogen) atoms. The van der Waals surface area contributed by atoms with E-state index in [9.17, 15) is 14.0 Å². The molecule has 0 saturated carbocycles. The molecule has 2 N–H and O–H groups in total. The maximum absolute atomic E-state index is 14.9. The second kappa shape index (κ2) is 9.94. The average molecular weight is 510 g/mol. The van der Waals surface area contributed by atoms with Gasteiger partial charge < -0.3 is 15.4 Å². The number of hydrogen-bond acceptors (Lipinski definition) is 5. The van der Waals surface area contributed by atoms with Gasteiger partial charge in [-0.1, -0.05) is 11.6 Å². The van der Waals surface area contributed by atoms with Gasteiger partial charge in [-0.15, -0.1) is 0 Å². The molecule has 0 unspecified atom stereocenters. The Morgan fingerprint density at radius 2 is 1.92 bits per heavy atom. The van der Waals surface area contributed by atoms with E-state index in [2.05, 4.69) is 20.7 Å². The van der Waals surface area contributed by atoms with Crippen molar-refractivity contribution in [2.24, 2.45) is 0 Å². The summed E-state index contributed by atoms with van der Waals surface area (Å²) in [6, 6.07) is 9.09. The van der Waals surface area contributed by atoms with E-state index < -0.39 is 11.7 Å². The van der Waals surface area contributed by atoms with Crippen molar-refractivity contribution in [1.29, 1.82) is 0 Å². The number of ether oxygens (including phenoxy) is 1. The fraction of sp³-hybridized carbons (Fsp3) is 0.231. The third-order valence-corrected chi connectivity index (χ3v) is 5.71. The van der Waals surface area contributed by atoms with Crippen molar-refractivity contribution < 1.29 is 18.7 Å². The number of amides is 2. The molecule has 186 valence electrons. The van der Waals surface area contributed by atoms with Crippen LogP contribution in [0.3, 0.4) is 0 Å². The van der Waals surface area contributed by atoms with Gasteiger partial charge >= 0.3 is 0 Å². The zero-order chi connectivity index (χ0) is 26.0. The Balaban J connectivity index is 1.53. The number of pyridine rings is 1. The van der Waals surface area contributed by atoms with Gasteiger partial charge in [0, 0.05) is 36.5 Å². The van der Waals surface area contributed by atoms with E-state index in [-0.39, 0.29) is 34.2 Å². The first-order valence-electron chi connectivity index (χ1n) is 11.2. The number of benzene rings is 2. The average Bonchev–Trinajstić information content (AvgIpc) is 3.30. The molecule has 2 aromatic heterocycles. The summed E-state index contributed by atoms with van der Waals surface area (Å²) >= 11 is 6.39. The standard InChI is InChI=1S/C26H25ClFN5O3/c1-26(2,3)33-14-17(13-31-33)32-24(34)11-16-10-19(27)23(12-20(16)28)36-22-7-8-30-21-6-5-15(9-18(21)22)25(35)29-4/h5-10,12-14H,11H2,1-4H3,(H,29,35)(H,32,34). The Morgan fingerprint density at radius 3 is 2.61 bits per heavy atom. The molecule has 0 aliphatic rings. The van der Waals surface area contributed by atoms with Crippen molar-refractivity contribution in [2.75, 3.05) is 12.4 Å². The van der Waals surface area contributed by atoms with Crippen LogP contribution in [0.5, 0.6) is 11.5 Å². The Morgan fingerprint density at radius 1 is 1.14 bits per heavy atom. The Kier molecular flexibility index (Phi) is 6.94. The van der Waals surface area contributed by atoms with Crippen molar-refractivity contribution in [2.45, 2.75) is 32.7 Å². The maximum atomic E-state index is 14.9. The van der Waals surface area contributed by atoms with Crippen LogP contribution in [0.1, 0.15) is 36.7 Å². The molecule has 0 aliphatic carbocycles. The molecular weight excluding hydrogens is 485 g/mol. The summed E-state index contributed by atoms with van der Waals surface area (Å²) in [6.07, 6.45) is 4.58. The highest BCUT2D eigenvalue weighted by molar-refractivity contribution is 6.32. The summed E-state index contributed by atoms with van der Waals surface area (Å²) < 4.78 is 22.6. The van der Waals surface area contributed by atoms with E-state index in [1.807, 2.05) is 20.8 Å². The largest absolute Gasteiger partial charge is 0.455 e. The van der Waals surface area contributed by atoms with Gasteiger partial charge in [0.25, 0.3) is 5.91 Å². The molecule has 0 atom stereocenters. The van der Waals surface area contributed by atoms with Gasteiger partial charge in [0.1, 0.15) is 17.3 Å². The van der Waals surface area contributed by atoms with Gasteiger partial charge in [-0.05, 0) is 56.7 Å². The quantitative estimate of drug-likeness (QED) is 0.367. The Hall–Kier alpha value is -3.98. The summed E-state index contributed by atoms with van der Waals surface area (Å²) in [5.41, 5.74) is 1.42. The van der Waals surface area contributed by atoms with Crippen LogP contribution in [0.15, 0.2) is 55.0 Å². The summed E-state index contributed by atoms with van der Waals surface area (Å²) in [7, 11) is 1.54. The number of fused-ring (bicyclic) bond motifs is 1. The van der Waals surface area contributed by atoms with Crippen LogP contribution in [0, 0.1) is 5.82 Å². The van der Waals surface area contributed by atoms with Crippen LogP contribution in [0.25, 0.3) is 10.9 Å². The molecule has 8 nitrogen and oxygen atoms in total. The fourth-order valence-corrected chi connectivity index (χ4v) is 3.75. The number of anilines is 1. The second-order valence-corrected chi connectivity index (χ2v) is 9.57. The van der Waals surface area contributed by atoms with Crippen LogP contribution in [-0.2, 0) is 16.8 Å². The van der Waals surface area contributed by atoms with Gasteiger partial charge in [0.2, 0.25) is 5.91 Å². The number of rotatable bonds is 6. The predicted molar refractivity (Wildman–Crippen MR) is 136 cm³/mol. The highest BCUT2D eigenvalue weighted by Gasteiger charge is 2.18. The highest BCUT2D eigenvalue weighted by atomic mass is 35.5. The number of hydrogen-bond donors (Lipinski definition) is 2. The zero-order valence-electron chi connectivity index (χ0n) is 20.2. The first-order chi connectivity index (χ1) is 17.0.